The number of rotatable bonds is 4. The lowest BCUT2D eigenvalue weighted by atomic mass is 10.1. The third kappa shape index (κ3) is 3.58. The van der Waals surface area contributed by atoms with Crippen molar-refractivity contribution >= 4 is 28.7 Å². The summed E-state index contributed by atoms with van der Waals surface area (Å²) in [5, 5.41) is 15.6. The molecule has 0 saturated carbocycles. The van der Waals surface area contributed by atoms with E-state index in [1.807, 2.05) is 13.8 Å². The van der Waals surface area contributed by atoms with Gasteiger partial charge in [0.05, 0.1) is 27.9 Å². The normalized spacial score (nSPS) is 11.4. The number of aromatic nitrogens is 5. The maximum absolute atomic E-state index is 14.6. The Kier molecular flexibility index (Phi) is 4.79. The minimum absolute atomic E-state index is 0.132. The molecule has 0 radical (unpaired) electrons. The molecule has 0 aliphatic heterocycles. The van der Waals surface area contributed by atoms with Crippen LogP contribution in [0.25, 0.3) is 16.9 Å². The highest BCUT2D eigenvalue weighted by Crippen LogP contribution is 2.28. The number of nitrogens with one attached hydrogen (secondary N) is 2. The third-order valence-electron chi connectivity index (χ3n) is 4.59. The van der Waals surface area contributed by atoms with Gasteiger partial charge in [-0.25, -0.2) is 8.91 Å². The van der Waals surface area contributed by atoms with Crippen molar-refractivity contribution in [3.63, 3.8) is 0 Å². The molecule has 2 N–H and O–H groups in total. The summed E-state index contributed by atoms with van der Waals surface area (Å²) in [6.45, 7) is 5.65. The van der Waals surface area contributed by atoms with Crippen molar-refractivity contribution in [1.29, 1.82) is 0 Å². The van der Waals surface area contributed by atoms with Crippen LogP contribution in [0.2, 0.25) is 5.02 Å². The van der Waals surface area contributed by atoms with Gasteiger partial charge in [0.1, 0.15) is 11.6 Å². The Balaban J connectivity index is 1.68. The van der Waals surface area contributed by atoms with Gasteiger partial charge in [0, 0.05) is 17.8 Å². The standard InChI is InChI=1S/C20H18ClFN6O/c1-10(2)18-25-19(27-26-18)13-7-16(11(3)6-15(13)22)24-20(29)14-8-23-28-9-12(21)4-5-17(14)28/h4-10H,1-3H3,(H,24,29)(H,25,26,27). The van der Waals surface area contributed by atoms with Crippen LogP contribution >= 0.6 is 11.6 Å². The number of anilines is 1. The van der Waals surface area contributed by atoms with E-state index in [1.165, 1.54) is 16.8 Å². The number of carbonyl (C=O) groups excluding carboxylic acids is 1. The Morgan fingerprint density at radius 2 is 2.07 bits per heavy atom. The van der Waals surface area contributed by atoms with Crippen LogP contribution in [0.5, 0.6) is 0 Å². The van der Waals surface area contributed by atoms with Crippen LogP contribution in [-0.4, -0.2) is 30.7 Å². The Morgan fingerprint density at radius 3 is 2.79 bits per heavy atom. The molecule has 4 aromatic rings. The van der Waals surface area contributed by atoms with Gasteiger partial charge in [-0.05, 0) is 36.8 Å². The minimum atomic E-state index is -0.447. The molecule has 29 heavy (non-hydrogen) atoms. The summed E-state index contributed by atoms with van der Waals surface area (Å²) >= 11 is 5.96. The summed E-state index contributed by atoms with van der Waals surface area (Å²) in [5.74, 6) is 0.303. The zero-order valence-corrected chi connectivity index (χ0v) is 16.8. The first-order chi connectivity index (χ1) is 13.8. The first-order valence-corrected chi connectivity index (χ1v) is 9.38. The van der Waals surface area contributed by atoms with E-state index in [4.69, 9.17) is 11.6 Å². The molecule has 0 aliphatic rings. The summed E-state index contributed by atoms with van der Waals surface area (Å²) in [6, 6.07) is 6.32. The SMILES string of the molecule is Cc1cc(F)c(-c2nnc(C(C)C)[nH]2)cc1NC(=O)c1cnn2cc(Cl)ccc12. The molecule has 0 aliphatic carbocycles. The number of H-pyrrole nitrogens is 1. The molecule has 9 heteroatoms. The number of nitrogens with zero attached hydrogens (tertiary/aromatic N) is 4. The predicted molar refractivity (Wildman–Crippen MR) is 109 cm³/mol. The molecule has 0 atom stereocenters. The van der Waals surface area contributed by atoms with Gasteiger partial charge in [0.2, 0.25) is 0 Å². The van der Waals surface area contributed by atoms with E-state index in [9.17, 15) is 9.18 Å². The van der Waals surface area contributed by atoms with Crippen LogP contribution in [0.1, 0.15) is 41.5 Å². The predicted octanol–water partition coefficient (Wildman–Crippen LogP) is 4.60. The second-order valence-corrected chi connectivity index (χ2v) is 7.49. The molecule has 3 aromatic heterocycles. The Morgan fingerprint density at radius 1 is 1.28 bits per heavy atom. The summed E-state index contributed by atoms with van der Waals surface area (Å²) in [6.07, 6.45) is 3.08. The summed E-state index contributed by atoms with van der Waals surface area (Å²) in [7, 11) is 0. The van der Waals surface area contributed by atoms with Crippen LogP contribution in [0.4, 0.5) is 10.1 Å². The molecule has 0 saturated heterocycles. The molecule has 0 bridgehead atoms. The molecule has 1 amide bonds. The number of aromatic amines is 1. The van der Waals surface area contributed by atoms with Crippen molar-refractivity contribution in [2.24, 2.45) is 0 Å². The van der Waals surface area contributed by atoms with Crippen LogP contribution in [0.15, 0.2) is 36.7 Å². The third-order valence-corrected chi connectivity index (χ3v) is 4.82. The monoisotopic (exact) mass is 412 g/mol. The zero-order valence-electron chi connectivity index (χ0n) is 16.0. The maximum atomic E-state index is 14.6. The highest BCUT2D eigenvalue weighted by atomic mass is 35.5. The van der Waals surface area contributed by atoms with E-state index in [-0.39, 0.29) is 17.4 Å². The lowest BCUT2D eigenvalue weighted by molar-refractivity contribution is 0.102. The fourth-order valence-corrected chi connectivity index (χ4v) is 3.12. The molecule has 3 heterocycles. The molecular weight excluding hydrogens is 395 g/mol. The second kappa shape index (κ2) is 7.29. The average Bonchev–Trinajstić information content (AvgIpc) is 3.30. The van der Waals surface area contributed by atoms with Crippen molar-refractivity contribution in [2.45, 2.75) is 26.7 Å². The van der Waals surface area contributed by atoms with Crippen LogP contribution < -0.4 is 5.32 Å². The van der Waals surface area contributed by atoms with Gasteiger partial charge in [0.15, 0.2) is 5.82 Å². The quantitative estimate of drug-likeness (QED) is 0.513. The molecular formula is C20H18ClFN6O. The van der Waals surface area contributed by atoms with Crippen molar-refractivity contribution in [1.82, 2.24) is 24.8 Å². The summed E-state index contributed by atoms with van der Waals surface area (Å²) in [5.41, 5.74) is 2.29. The number of fused-ring (bicyclic) bond motifs is 1. The van der Waals surface area contributed by atoms with E-state index < -0.39 is 5.82 Å². The zero-order chi connectivity index (χ0) is 20.7. The van der Waals surface area contributed by atoms with Gasteiger partial charge < -0.3 is 10.3 Å². The number of hydrogen-bond acceptors (Lipinski definition) is 4. The molecule has 148 valence electrons. The molecule has 4 rings (SSSR count). The first kappa shape index (κ1) is 19.1. The number of hydrogen-bond donors (Lipinski definition) is 2. The smallest absolute Gasteiger partial charge is 0.259 e. The van der Waals surface area contributed by atoms with Crippen LogP contribution in [0, 0.1) is 12.7 Å². The van der Waals surface area contributed by atoms with E-state index in [0.717, 1.165) is 0 Å². The van der Waals surface area contributed by atoms with E-state index >= 15 is 0 Å². The lowest BCUT2D eigenvalue weighted by Crippen LogP contribution is -2.13. The van der Waals surface area contributed by atoms with Gasteiger partial charge in [-0.15, -0.1) is 10.2 Å². The van der Waals surface area contributed by atoms with Crippen molar-refractivity contribution < 1.29 is 9.18 Å². The van der Waals surface area contributed by atoms with Crippen molar-refractivity contribution in [3.05, 3.63) is 64.5 Å². The molecule has 0 unspecified atom stereocenters. The van der Waals surface area contributed by atoms with Gasteiger partial charge in [-0.2, -0.15) is 5.10 Å². The fourth-order valence-electron chi connectivity index (χ4n) is 2.97. The number of carbonyl (C=O) groups is 1. The van der Waals surface area contributed by atoms with Crippen molar-refractivity contribution in [2.75, 3.05) is 5.32 Å². The molecule has 0 spiro atoms. The van der Waals surface area contributed by atoms with Gasteiger partial charge in [0.25, 0.3) is 5.91 Å². The first-order valence-electron chi connectivity index (χ1n) is 9.01. The number of pyridine rings is 1. The Bertz CT molecular complexity index is 1230. The highest BCUT2D eigenvalue weighted by molar-refractivity contribution is 6.30. The Hall–Kier alpha value is -3.26. The van der Waals surface area contributed by atoms with Crippen molar-refractivity contribution in [3.8, 4) is 11.4 Å². The Labute approximate surface area is 170 Å². The van der Waals surface area contributed by atoms with Gasteiger partial charge in [-0.1, -0.05) is 25.4 Å². The van der Waals surface area contributed by atoms with Gasteiger partial charge in [-0.3, -0.25) is 4.79 Å². The number of aryl methyl sites for hydroxylation is 1. The maximum Gasteiger partial charge on any atom is 0.259 e. The summed E-state index contributed by atoms with van der Waals surface area (Å²) < 4.78 is 16.1. The highest BCUT2D eigenvalue weighted by Gasteiger charge is 2.18. The topological polar surface area (TPSA) is 88.0 Å². The average molecular weight is 413 g/mol. The van der Waals surface area contributed by atoms with Crippen LogP contribution in [-0.2, 0) is 0 Å². The second-order valence-electron chi connectivity index (χ2n) is 7.05. The summed E-state index contributed by atoms with van der Waals surface area (Å²) in [4.78, 5) is 15.9. The van der Waals surface area contributed by atoms with E-state index in [2.05, 4.69) is 25.6 Å². The molecule has 1 aromatic carbocycles. The van der Waals surface area contributed by atoms with E-state index in [0.29, 0.717) is 39.0 Å². The number of amides is 1. The molecule has 7 nitrogen and oxygen atoms in total. The van der Waals surface area contributed by atoms with E-state index in [1.54, 1.807) is 31.3 Å². The fraction of sp³-hybridized carbons (Fsp3) is 0.200. The molecule has 0 fully saturated rings. The number of halogens is 2. The van der Waals surface area contributed by atoms with Crippen LogP contribution in [0.3, 0.4) is 0 Å². The number of benzene rings is 1. The van der Waals surface area contributed by atoms with Gasteiger partial charge >= 0.3 is 0 Å². The largest absolute Gasteiger partial charge is 0.325 e. The lowest BCUT2D eigenvalue weighted by Gasteiger charge is -2.10. The minimum Gasteiger partial charge on any atom is -0.325 e.